The van der Waals surface area contributed by atoms with E-state index in [1.54, 1.807) is 24.4 Å². The molecule has 0 radical (unpaired) electrons. The van der Waals surface area contributed by atoms with Crippen LogP contribution in [0.5, 0.6) is 0 Å². The van der Waals surface area contributed by atoms with Crippen LogP contribution in [0.4, 0.5) is 15.8 Å². The lowest BCUT2D eigenvalue weighted by Crippen LogP contribution is -2.23. The van der Waals surface area contributed by atoms with Gasteiger partial charge in [0.1, 0.15) is 11.5 Å². The summed E-state index contributed by atoms with van der Waals surface area (Å²) >= 11 is 0. The summed E-state index contributed by atoms with van der Waals surface area (Å²) in [6, 6.07) is 17.7. The van der Waals surface area contributed by atoms with Crippen LogP contribution in [0.15, 0.2) is 66.9 Å². The smallest absolute Gasteiger partial charge is 0.270 e. The summed E-state index contributed by atoms with van der Waals surface area (Å²) in [7, 11) is 0. The fourth-order valence-electron chi connectivity index (χ4n) is 2.63. The summed E-state index contributed by atoms with van der Waals surface area (Å²) in [5.74, 6) is -0.0959. The van der Waals surface area contributed by atoms with Crippen LogP contribution in [0.1, 0.15) is 41.4 Å². The van der Waals surface area contributed by atoms with Crippen molar-refractivity contribution in [2.45, 2.75) is 26.3 Å². The minimum atomic E-state index is -0.299. The van der Waals surface area contributed by atoms with Gasteiger partial charge in [0, 0.05) is 24.1 Å². The van der Waals surface area contributed by atoms with Crippen LogP contribution < -0.4 is 10.6 Å². The second-order valence-corrected chi connectivity index (χ2v) is 6.64. The maximum Gasteiger partial charge on any atom is 0.270 e. The largest absolute Gasteiger partial charge is 0.355 e. The van der Waals surface area contributed by atoms with Gasteiger partial charge in [-0.3, -0.25) is 9.78 Å². The molecule has 3 rings (SSSR count). The van der Waals surface area contributed by atoms with E-state index in [9.17, 15) is 9.18 Å². The topological polar surface area (TPSA) is 54.0 Å². The van der Waals surface area contributed by atoms with Gasteiger partial charge in [0.2, 0.25) is 0 Å². The molecule has 0 saturated carbocycles. The Balaban J connectivity index is 1.63. The zero-order valence-corrected chi connectivity index (χ0v) is 15.4. The van der Waals surface area contributed by atoms with Gasteiger partial charge in [0.25, 0.3) is 5.91 Å². The second-order valence-electron chi connectivity index (χ2n) is 6.64. The zero-order valence-electron chi connectivity index (χ0n) is 15.4. The van der Waals surface area contributed by atoms with Crippen molar-refractivity contribution in [3.05, 3.63) is 89.5 Å². The van der Waals surface area contributed by atoms with Crippen molar-refractivity contribution in [2.75, 3.05) is 5.32 Å². The van der Waals surface area contributed by atoms with Crippen LogP contribution in [0.2, 0.25) is 0 Å². The maximum atomic E-state index is 12.9. The number of hydrogen-bond acceptors (Lipinski definition) is 3. The van der Waals surface area contributed by atoms with Crippen molar-refractivity contribution >= 4 is 17.3 Å². The summed E-state index contributed by atoms with van der Waals surface area (Å²) in [6.45, 7) is 4.62. The highest BCUT2D eigenvalue weighted by molar-refractivity contribution is 5.93. The molecule has 0 saturated heterocycles. The molecule has 2 N–H and O–H groups in total. The molecule has 3 aromatic rings. The Hall–Kier alpha value is -3.21. The molecule has 0 aliphatic rings. The van der Waals surface area contributed by atoms with Crippen molar-refractivity contribution in [1.82, 2.24) is 10.3 Å². The number of rotatable bonds is 6. The van der Waals surface area contributed by atoms with Crippen LogP contribution in [-0.2, 0) is 6.54 Å². The van der Waals surface area contributed by atoms with Crippen molar-refractivity contribution in [1.29, 1.82) is 0 Å². The zero-order chi connectivity index (χ0) is 19.2. The number of carbonyl (C=O) groups is 1. The van der Waals surface area contributed by atoms with E-state index < -0.39 is 0 Å². The molecule has 0 aliphatic carbocycles. The molecule has 2 aromatic carbocycles. The van der Waals surface area contributed by atoms with E-state index >= 15 is 0 Å². The highest BCUT2D eigenvalue weighted by Gasteiger charge is 2.08. The standard InChI is InChI=1S/C22H22FN3O/c1-15(2)17-5-9-19(10-6-17)26-20-11-12-24-21(13-20)22(27)25-14-16-3-7-18(23)8-4-16/h3-13,15H,14H2,1-2H3,(H,24,26)(H,25,27). The van der Waals surface area contributed by atoms with Gasteiger partial charge in [0.15, 0.2) is 0 Å². The summed E-state index contributed by atoms with van der Waals surface area (Å²) in [6.07, 6.45) is 1.59. The molecule has 1 heterocycles. The Morgan fingerprint density at radius 2 is 1.70 bits per heavy atom. The van der Waals surface area contributed by atoms with E-state index in [1.165, 1.54) is 17.7 Å². The second kappa shape index (κ2) is 8.45. The number of halogens is 1. The van der Waals surface area contributed by atoms with Crippen LogP contribution in [0.25, 0.3) is 0 Å². The van der Waals surface area contributed by atoms with Crippen molar-refractivity contribution in [2.24, 2.45) is 0 Å². The summed E-state index contributed by atoms with van der Waals surface area (Å²) in [5.41, 5.74) is 4.15. The SMILES string of the molecule is CC(C)c1ccc(Nc2ccnc(C(=O)NCc3ccc(F)cc3)c2)cc1. The molecule has 0 aliphatic heterocycles. The lowest BCUT2D eigenvalue weighted by atomic mass is 10.0. The lowest BCUT2D eigenvalue weighted by molar-refractivity contribution is 0.0946. The summed E-state index contributed by atoms with van der Waals surface area (Å²) in [4.78, 5) is 16.5. The monoisotopic (exact) mass is 363 g/mol. The van der Waals surface area contributed by atoms with Gasteiger partial charge >= 0.3 is 0 Å². The van der Waals surface area contributed by atoms with Crippen molar-refractivity contribution < 1.29 is 9.18 Å². The van der Waals surface area contributed by atoms with E-state index in [4.69, 9.17) is 0 Å². The molecular formula is C22H22FN3O. The van der Waals surface area contributed by atoms with Gasteiger partial charge in [-0.25, -0.2) is 4.39 Å². The maximum absolute atomic E-state index is 12.9. The number of pyridine rings is 1. The van der Waals surface area contributed by atoms with Gasteiger partial charge in [-0.05, 0) is 53.4 Å². The van der Waals surface area contributed by atoms with E-state index in [-0.39, 0.29) is 11.7 Å². The molecule has 0 atom stereocenters. The van der Waals surface area contributed by atoms with Gasteiger partial charge < -0.3 is 10.6 Å². The van der Waals surface area contributed by atoms with Gasteiger partial charge in [-0.2, -0.15) is 0 Å². The minimum absolute atomic E-state index is 0.280. The first-order chi connectivity index (χ1) is 13.0. The Kier molecular flexibility index (Phi) is 5.81. The van der Waals surface area contributed by atoms with Gasteiger partial charge in [-0.1, -0.05) is 38.1 Å². The van der Waals surface area contributed by atoms with Crippen LogP contribution >= 0.6 is 0 Å². The van der Waals surface area contributed by atoms with Crippen LogP contribution in [0, 0.1) is 5.82 Å². The highest BCUT2D eigenvalue weighted by atomic mass is 19.1. The number of anilines is 2. The van der Waals surface area contributed by atoms with Gasteiger partial charge in [0.05, 0.1) is 0 Å². The summed E-state index contributed by atoms with van der Waals surface area (Å²) < 4.78 is 12.9. The average molecular weight is 363 g/mol. The molecule has 0 spiro atoms. The predicted molar refractivity (Wildman–Crippen MR) is 106 cm³/mol. The number of nitrogens with zero attached hydrogens (tertiary/aromatic N) is 1. The number of aromatic nitrogens is 1. The third-order valence-corrected chi connectivity index (χ3v) is 4.22. The molecule has 5 heteroatoms. The Morgan fingerprint density at radius 3 is 2.37 bits per heavy atom. The lowest BCUT2D eigenvalue weighted by Gasteiger charge is -2.10. The third-order valence-electron chi connectivity index (χ3n) is 4.22. The molecular weight excluding hydrogens is 341 g/mol. The molecule has 0 fully saturated rings. The molecule has 0 unspecified atom stereocenters. The molecule has 1 aromatic heterocycles. The number of carbonyl (C=O) groups excluding carboxylic acids is 1. The Bertz CT molecular complexity index is 906. The van der Waals surface area contributed by atoms with E-state index in [1.807, 2.05) is 18.2 Å². The van der Waals surface area contributed by atoms with E-state index in [0.717, 1.165) is 16.9 Å². The normalized spacial score (nSPS) is 10.7. The average Bonchev–Trinajstić information content (AvgIpc) is 2.68. The minimum Gasteiger partial charge on any atom is -0.355 e. The molecule has 138 valence electrons. The quantitative estimate of drug-likeness (QED) is 0.647. The Morgan fingerprint density at radius 1 is 1.00 bits per heavy atom. The number of amides is 1. The number of nitrogens with one attached hydrogen (secondary N) is 2. The fraction of sp³-hybridized carbons (Fsp3) is 0.182. The number of hydrogen-bond donors (Lipinski definition) is 2. The third kappa shape index (κ3) is 5.14. The van der Waals surface area contributed by atoms with Crippen molar-refractivity contribution in [3.8, 4) is 0 Å². The molecule has 0 bridgehead atoms. The first-order valence-corrected chi connectivity index (χ1v) is 8.87. The number of benzene rings is 2. The summed E-state index contributed by atoms with van der Waals surface area (Å²) in [5, 5.41) is 6.08. The van der Waals surface area contributed by atoms with Crippen LogP contribution in [0.3, 0.4) is 0 Å². The van der Waals surface area contributed by atoms with E-state index in [0.29, 0.717) is 18.2 Å². The molecule has 27 heavy (non-hydrogen) atoms. The predicted octanol–water partition coefficient (Wildman–Crippen LogP) is 5.02. The van der Waals surface area contributed by atoms with E-state index in [2.05, 4.69) is 41.6 Å². The fourth-order valence-corrected chi connectivity index (χ4v) is 2.63. The molecule has 1 amide bonds. The Labute approximate surface area is 158 Å². The van der Waals surface area contributed by atoms with Gasteiger partial charge in [-0.15, -0.1) is 0 Å². The first-order valence-electron chi connectivity index (χ1n) is 8.87. The highest BCUT2D eigenvalue weighted by Crippen LogP contribution is 2.20. The van der Waals surface area contributed by atoms with Crippen LogP contribution in [-0.4, -0.2) is 10.9 Å². The van der Waals surface area contributed by atoms with Crippen molar-refractivity contribution in [3.63, 3.8) is 0 Å². The first kappa shape index (κ1) is 18.6. The molecule has 4 nitrogen and oxygen atoms in total.